The molecule has 54 heteroatoms. The van der Waals surface area contributed by atoms with E-state index in [0.29, 0.717) is 0 Å². The fraction of sp³-hybridized carbons (Fsp3) is 0.500. The standard InChI is InChI=1S/2C20H26N10O14P2.2Na/c2*21-14-8-15(24-3-23-14)29(4-25-8)19-13(11(32)7(43-19)1-40-45(35,36)37)44-46(38,39)41-2-6-10(31)12(33)18(42-6)30-5-26-9-16(30)27-20(22)28-17(9)34;;/h2*3-7,10-13,18-19,31-33H,1-2H2,(H,38,39)(H2,21,23,24)(H2,35,36,37)(H3,22,27,28,34);;/q;;2*+1/p-1/t2*6-,7-,10?,11?,12+,13+,18-,19-;;/m11../s1. The number of aromatic nitrogens is 16. The van der Waals surface area contributed by atoms with Gasteiger partial charge >= 0.3 is 76.2 Å². The number of phosphoric acid groups is 4. The van der Waals surface area contributed by atoms with Crippen LogP contribution in [0.2, 0.25) is 0 Å². The Kier molecular flexibility index (Phi) is 22.2. The number of imidazole rings is 4. The first-order valence-corrected chi connectivity index (χ1v) is 31.9. The van der Waals surface area contributed by atoms with E-state index in [1.54, 1.807) is 0 Å². The van der Waals surface area contributed by atoms with Gasteiger partial charge in [-0.3, -0.25) is 56.0 Å². The summed E-state index contributed by atoms with van der Waals surface area (Å²) in [5, 5.41) is 64.2. The van der Waals surface area contributed by atoms with Crippen molar-refractivity contribution in [1.82, 2.24) is 78.1 Å². The molecule has 8 aromatic rings. The number of aromatic amines is 2. The number of H-pyrrole nitrogens is 2. The summed E-state index contributed by atoms with van der Waals surface area (Å²) in [6.07, 6.45) is -19.5. The van der Waals surface area contributed by atoms with Gasteiger partial charge in [-0.1, -0.05) is 0 Å². The molecule has 8 aromatic heterocycles. The second-order valence-electron chi connectivity index (χ2n) is 20.1. The van der Waals surface area contributed by atoms with Crippen LogP contribution in [0.3, 0.4) is 0 Å². The maximum atomic E-state index is 13.0. The van der Waals surface area contributed by atoms with Crippen molar-refractivity contribution in [2.75, 3.05) is 49.4 Å². The van der Waals surface area contributed by atoms with E-state index < -0.39 is 167 Å². The minimum atomic E-state index is -5.44. The van der Waals surface area contributed by atoms with Crippen molar-refractivity contribution < 1.29 is 185 Å². The summed E-state index contributed by atoms with van der Waals surface area (Å²) in [4.78, 5) is 131. The van der Waals surface area contributed by atoms with Gasteiger partial charge in [0, 0.05) is 0 Å². The second-order valence-corrected chi connectivity index (χ2v) is 25.3. The van der Waals surface area contributed by atoms with E-state index >= 15 is 0 Å². The minimum Gasteiger partial charge on any atom is -0.756 e. The Morgan fingerprint density at radius 1 is 0.457 bits per heavy atom. The third-order valence-electron chi connectivity index (χ3n) is 14.2. The zero-order valence-electron chi connectivity index (χ0n) is 48.7. The zero-order chi connectivity index (χ0) is 66.3. The van der Waals surface area contributed by atoms with Crippen molar-refractivity contribution in [2.45, 2.75) is 98.2 Å². The molecular weight excluding hydrogens is 1380 g/mol. The van der Waals surface area contributed by atoms with Gasteiger partial charge in [0.25, 0.3) is 26.8 Å². The number of hydrogen-bond acceptors (Lipinski definition) is 38. The molecule has 94 heavy (non-hydrogen) atoms. The second kappa shape index (κ2) is 28.5. The summed E-state index contributed by atoms with van der Waals surface area (Å²) >= 11 is 0. The number of nitrogens with one attached hydrogen (secondary N) is 2. The van der Waals surface area contributed by atoms with Crippen LogP contribution in [0, 0.1) is 0 Å². The number of hydrogen-bond donors (Lipinski definition) is 16. The van der Waals surface area contributed by atoms with Crippen LogP contribution >= 0.6 is 31.3 Å². The molecular formula is C40H51N20Na2O28P4+. The molecule has 6 unspecified atom stereocenters. The van der Waals surface area contributed by atoms with Gasteiger partial charge in [-0.05, 0) is 0 Å². The number of nitrogens with zero attached hydrogens (tertiary/aromatic N) is 14. The van der Waals surface area contributed by atoms with Crippen LogP contribution in [0.5, 0.6) is 0 Å². The Bertz CT molecular complexity index is 4120. The number of aliphatic hydroxyl groups is 6. The van der Waals surface area contributed by atoms with Gasteiger partial charge < -0.3 is 120 Å². The Morgan fingerprint density at radius 3 is 1.12 bits per heavy atom. The molecule has 4 fully saturated rings. The van der Waals surface area contributed by atoms with Crippen molar-refractivity contribution in [2.24, 2.45) is 0 Å². The predicted molar refractivity (Wildman–Crippen MR) is 290 cm³/mol. The van der Waals surface area contributed by atoms with Crippen molar-refractivity contribution in [3.63, 3.8) is 0 Å². The van der Waals surface area contributed by atoms with Gasteiger partial charge in [0.1, 0.15) is 96.9 Å². The van der Waals surface area contributed by atoms with Gasteiger partial charge in [-0.2, -0.15) is 9.97 Å². The molecule has 4 saturated heterocycles. The van der Waals surface area contributed by atoms with E-state index in [9.17, 15) is 68.3 Å². The Hall–Kier alpha value is -4.96. The first kappa shape index (κ1) is 73.3. The van der Waals surface area contributed by atoms with Crippen LogP contribution in [0.1, 0.15) is 26.3 Å². The van der Waals surface area contributed by atoms with Crippen LogP contribution < -0.4 is 103 Å². The third-order valence-corrected chi connectivity index (χ3v) is 17.1. The number of aliphatic hydroxyl groups excluding tert-OH is 6. The number of phosphoric ester groups is 4. The van der Waals surface area contributed by atoms with Crippen LogP contribution in [-0.2, 0) is 64.4 Å². The number of ether oxygens (including phenoxy) is 4. The number of rotatable bonds is 20. The molecule has 0 bridgehead atoms. The normalized spacial score (nSPS) is 29.3. The van der Waals surface area contributed by atoms with Crippen molar-refractivity contribution in [3.8, 4) is 0 Å². The van der Waals surface area contributed by atoms with Crippen LogP contribution in [0.15, 0.2) is 47.6 Å². The van der Waals surface area contributed by atoms with Crippen LogP contribution in [0.4, 0.5) is 23.5 Å². The topological polar surface area (TPSA) is 727 Å². The van der Waals surface area contributed by atoms with E-state index in [2.05, 4.69) is 68.9 Å². The van der Waals surface area contributed by atoms with E-state index in [1.165, 1.54) is 0 Å². The predicted octanol–water partition coefficient (Wildman–Crippen LogP) is -13.9. The number of anilines is 4. The van der Waals surface area contributed by atoms with E-state index in [4.69, 9.17) is 79.6 Å². The molecule has 18 atom stereocenters. The van der Waals surface area contributed by atoms with E-state index in [0.717, 1.165) is 56.2 Å². The molecule has 0 amide bonds. The summed E-state index contributed by atoms with van der Waals surface area (Å²) in [5.41, 5.74) is 21.2. The summed E-state index contributed by atoms with van der Waals surface area (Å²) in [6, 6.07) is 0. The van der Waals surface area contributed by atoms with E-state index in [-0.39, 0.29) is 129 Å². The molecule has 4 aliphatic heterocycles. The molecule has 500 valence electrons. The fourth-order valence-corrected chi connectivity index (χ4v) is 12.5. The zero-order valence-corrected chi connectivity index (χ0v) is 55.3. The first-order valence-electron chi connectivity index (χ1n) is 26.0. The quantitative estimate of drug-likeness (QED) is 0.0249. The van der Waals surface area contributed by atoms with Crippen molar-refractivity contribution in [1.29, 1.82) is 0 Å². The van der Waals surface area contributed by atoms with E-state index in [1.807, 2.05) is 0 Å². The minimum absolute atomic E-state index is 0. The third kappa shape index (κ3) is 15.3. The summed E-state index contributed by atoms with van der Waals surface area (Å²) < 4.78 is 105. The molecule has 0 radical (unpaired) electrons. The molecule has 0 spiro atoms. The average Bonchev–Trinajstić information content (AvgIpc) is 1.64. The van der Waals surface area contributed by atoms with Crippen molar-refractivity contribution >= 4 is 99.5 Å². The smallest absolute Gasteiger partial charge is 0.756 e. The Balaban J connectivity index is 0.000000236. The Morgan fingerprint density at radius 2 is 0.766 bits per heavy atom. The maximum Gasteiger partial charge on any atom is 1.00 e. The first-order chi connectivity index (χ1) is 43.3. The number of nitrogen functional groups attached to an aromatic ring is 4. The van der Waals surface area contributed by atoms with Gasteiger partial charge in [0.2, 0.25) is 11.9 Å². The SMILES string of the molecule is Nc1nc2c(ncn2[C@@H]2O[C@H](COP(=O)([O-])O[C@H]3C(O)[C@@H](COP(=O)(O)O)O[C@H]3n3cnc4c(N)ncnc43)C(O)[C@@H]2O)c(=O)[nH]1.Nc1nc2c(ncn2[C@@H]2O[C@H](COP(=O)([O-])O[C@H]3C(O)[C@@H](COP(=O)(O)O)O[C@H]3n3cnc4c(N)ncnc43)C(O)[C@@H]2O)c(=O)[nH]1.[H+].[Na+].[Na+]. The fourth-order valence-electron chi connectivity index (χ4n) is 9.98. The molecule has 0 aromatic carbocycles. The van der Waals surface area contributed by atoms with Crippen LogP contribution in [0.25, 0.3) is 44.7 Å². The van der Waals surface area contributed by atoms with Crippen molar-refractivity contribution in [3.05, 3.63) is 58.7 Å². The molecule has 12 rings (SSSR count). The van der Waals surface area contributed by atoms with Gasteiger partial charge in [-0.15, -0.1) is 0 Å². The molecule has 0 aliphatic carbocycles. The molecule has 48 nitrogen and oxygen atoms in total. The Labute approximate surface area is 565 Å². The maximum absolute atomic E-state index is 13.0. The largest absolute Gasteiger partial charge is 1.00 e. The van der Waals surface area contributed by atoms with Crippen LogP contribution in [-0.4, -0.2) is 228 Å². The molecule has 4 aliphatic rings. The van der Waals surface area contributed by atoms with Gasteiger partial charge in [-0.25, -0.2) is 49.0 Å². The summed E-state index contributed by atoms with van der Waals surface area (Å²) in [5.74, 6) is -0.597. The monoisotopic (exact) mass is 1430 g/mol. The number of nitrogens with two attached hydrogens (primary N) is 4. The molecule has 20 N–H and O–H groups in total. The van der Waals surface area contributed by atoms with Gasteiger partial charge in [0.15, 0.2) is 70.2 Å². The summed E-state index contributed by atoms with van der Waals surface area (Å²) in [7, 11) is -20.9. The van der Waals surface area contributed by atoms with Gasteiger partial charge in [0.05, 0.1) is 51.7 Å². The summed E-state index contributed by atoms with van der Waals surface area (Å²) in [6.45, 7) is -3.58. The average molecular weight is 1430 g/mol. The number of fused-ring (bicyclic) bond motifs is 4. The molecule has 0 saturated carbocycles. The molecule has 12 heterocycles.